The van der Waals surface area contributed by atoms with Crippen LogP contribution in [0, 0.1) is 0 Å². The van der Waals surface area contributed by atoms with Crippen molar-refractivity contribution in [2.24, 2.45) is 0 Å². The Hall–Kier alpha value is -2.08. The number of nitrogens with zero attached hydrogens (tertiary/aromatic N) is 2. The molecule has 6 nitrogen and oxygen atoms in total. The number of hydrogen-bond acceptors (Lipinski definition) is 4. The highest BCUT2D eigenvalue weighted by Gasteiger charge is 2.21. The number of H-pyrrole nitrogens is 1. The number of benzene rings is 1. The Morgan fingerprint density at radius 3 is 3.16 bits per heavy atom. The van der Waals surface area contributed by atoms with Crippen molar-refractivity contribution in [1.82, 2.24) is 15.1 Å². The quantitative estimate of drug-likeness (QED) is 0.749. The van der Waals surface area contributed by atoms with Crippen LogP contribution in [0.2, 0.25) is 0 Å². The largest absolute Gasteiger partial charge is 0.399 e. The Bertz CT molecular complexity index is 600. The second-order valence-electron chi connectivity index (χ2n) is 4.64. The molecule has 1 aliphatic rings. The molecule has 2 heterocycles. The minimum Gasteiger partial charge on any atom is -0.399 e. The number of rotatable bonds is 1. The van der Waals surface area contributed by atoms with Crippen LogP contribution in [0.25, 0.3) is 10.9 Å². The number of carbonyl (C=O) groups is 1. The molecule has 1 aromatic heterocycles. The monoisotopic (exact) mass is 260 g/mol. The van der Waals surface area contributed by atoms with E-state index in [2.05, 4.69) is 10.2 Å². The maximum absolute atomic E-state index is 12.5. The molecule has 0 saturated carbocycles. The molecule has 100 valence electrons. The van der Waals surface area contributed by atoms with E-state index in [4.69, 9.17) is 10.5 Å². The van der Waals surface area contributed by atoms with Gasteiger partial charge in [-0.25, -0.2) is 0 Å². The summed E-state index contributed by atoms with van der Waals surface area (Å²) in [5.41, 5.74) is 7.65. The first-order valence-electron chi connectivity index (χ1n) is 6.36. The molecule has 1 amide bonds. The number of nitrogens with two attached hydrogens (primary N) is 1. The van der Waals surface area contributed by atoms with Gasteiger partial charge in [-0.15, -0.1) is 0 Å². The van der Waals surface area contributed by atoms with Crippen molar-refractivity contribution in [2.45, 2.75) is 6.42 Å². The lowest BCUT2D eigenvalue weighted by Crippen LogP contribution is -2.33. The van der Waals surface area contributed by atoms with Crippen molar-refractivity contribution in [3.8, 4) is 0 Å². The van der Waals surface area contributed by atoms with Crippen molar-refractivity contribution in [3.63, 3.8) is 0 Å². The Kier molecular flexibility index (Phi) is 3.08. The molecule has 0 radical (unpaired) electrons. The van der Waals surface area contributed by atoms with Crippen molar-refractivity contribution in [2.75, 3.05) is 32.0 Å². The predicted octanol–water partition coefficient (Wildman–Crippen LogP) is 1.01. The van der Waals surface area contributed by atoms with Crippen LogP contribution in [0.4, 0.5) is 5.69 Å². The van der Waals surface area contributed by atoms with Crippen LogP contribution in [-0.4, -0.2) is 47.3 Å². The van der Waals surface area contributed by atoms with E-state index in [0.29, 0.717) is 37.7 Å². The number of nitrogen functional groups attached to an aromatic ring is 1. The van der Waals surface area contributed by atoms with Crippen LogP contribution in [0.1, 0.15) is 16.9 Å². The van der Waals surface area contributed by atoms with Crippen LogP contribution in [0.5, 0.6) is 0 Å². The first-order chi connectivity index (χ1) is 9.25. The third-order valence-corrected chi connectivity index (χ3v) is 3.30. The average molecular weight is 260 g/mol. The van der Waals surface area contributed by atoms with Gasteiger partial charge in [0.15, 0.2) is 5.69 Å². The van der Waals surface area contributed by atoms with E-state index in [1.54, 1.807) is 17.0 Å². The molecular weight excluding hydrogens is 244 g/mol. The molecule has 0 aliphatic carbocycles. The van der Waals surface area contributed by atoms with Gasteiger partial charge in [0.05, 0.1) is 12.1 Å². The van der Waals surface area contributed by atoms with Crippen LogP contribution < -0.4 is 5.73 Å². The SMILES string of the molecule is Nc1ccc2[nH]nc(C(=O)N3CCCOCC3)c2c1. The number of aromatic amines is 1. The van der Waals surface area contributed by atoms with Gasteiger partial charge in [0.2, 0.25) is 0 Å². The summed E-state index contributed by atoms with van der Waals surface area (Å²) in [5, 5.41) is 7.77. The van der Waals surface area contributed by atoms with Crippen LogP contribution in [0.15, 0.2) is 18.2 Å². The summed E-state index contributed by atoms with van der Waals surface area (Å²) in [5.74, 6) is -0.0673. The molecule has 19 heavy (non-hydrogen) atoms. The fourth-order valence-corrected chi connectivity index (χ4v) is 2.29. The highest BCUT2D eigenvalue weighted by Crippen LogP contribution is 2.20. The van der Waals surface area contributed by atoms with Gasteiger partial charge < -0.3 is 15.4 Å². The predicted molar refractivity (Wildman–Crippen MR) is 71.8 cm³/mol. The molecule has 0 bridgehead atoms. The van der Waals surface area contributed by atoms with Gasteiger partial charge in [0, 0.05) is 30.8 Å². The van der Waals surface area contributed by atoms with Crippen molar-refractivity contribution >= 4 is 22.5 Å². The molecule has 0 spiro atoms. The summed E-state index contributed by atoms with van der Waals surface area (Å²) >= 11 is 0. The van der Waals surface area contributed by atoms with Crippen molar-refractivity contribution in [1.29, 1.82) is 0 Å². The van der Waals surface area contributed by atoms with Crippen LogP contribution in [0.3, 0.4) is 0 Å². The van der Waals surface area contributed by atoms with E-state index in [9.17, 15) is 4.79 Å². The number of fused-ring (bicyclic) bond motifs is 1. The van der Waals surface area contributed by atoms with Gasteiger partial charge >= 0.3 is 0 Å². The Morgan fingerprint density at radius 1 is 1.37 bits per heavy atom. The maximum Gasteiger partial charge on any atom is 0.275 e. The minimum absolute atomic E-state index is 0.0673. The van der Waals surface area contributed by atoms with Crippen LogP contribution in [-0.2, 0) is 4.74 Å². The van der Waals surface area contributed by atoms with Gasteiger partial charge in [0.1, 0.15) is 0 Å². The summed E-state index contributed by atoms with van der Waals surface area (Å²) in [6, 6.07) is 5.40. The zero-order valence-electron chi connectivity index (χ0n) is 10.6. The Balaban J connectivity index is 1.94. The number of nitrogens with one attached hydrogen (secondary N) is 1. The summed E-state index contributed by atoms with van der Waals surface area (Å²) in [6.07, 6.45) is 0.857. The first-order valence-corrected chi connectivity index (χ1v) is 6.36. The standard InChI is InChI=1S/C13H16N4O2/c14-9-2-3-11-10(8-9)12(16-15-11)13(18)17-4-1-6-19-7-5-17/h2-3,8H,1,4-7,14H2,(H,15,16). The first kappa shape index (κ1) is 12.0. The summed E-state index contributed by atoms with van der Waals surface area (Å²) in [7, 11) is 0. The van der Waals surface area contributed by atoms with Crippen molar-refractivity contribution in [3.05, 3.63) is 23.9 Å². The number of aromatic nitrogens is 2. The van der Waals surface area contributed by atoms with Gasteiger partial charge in [0.25, 0.3) is 5.91 Å². The smallest absolute Gasteiger partial charge is 0.275 e. The molecular formula is C13H16N4O2. The number of hydrogen-bond donors (Lipinski definition) is 2. The minimum atomic E-state index is -0.0673. The molecule has 2 aromatic rings. The molecule has 1 saturated heterocycles. The highest BCUT2D eigenvalue weighted by molar-refractivity contribution is 6.05. The lowest BCUT2D eigenvalue weighted by Gasteiger charge is -2.18. The molecule has 3 rings (SSSR count). The summed E-state index contributed by atoms with van der Waals surface area (Å²) < 4.78 is 5.36. The third-order valence-electron chi connectivity index (χ3n) is 3.30. The zero-order valence-corrected chi connectivity index (χ0v) is 10.6. The molecule has 0 unspecified atom stereocenters. The second kappa shape index (κ2) is 4.89. The molecule has 3 N–H and O–H groups in total. The van der Waals surface area contributed by atoms with Gasteiger partial charge in [-0.05, 0) is 24.6 Å². The van der Waals surface area contributed by atoms with Gasteiger partial charge in [-0.1, -0.05) is 0 Å². The van der Waals surface area contributed by atoms with E-state index >= 15 is 0 Å². The molecule has 1 aromatic carbocycles. The van der Waals surface area contributed by atoms with E-state index < -0.39 is 0 Å². The summed E-state index contributed by atoms with van der Waals surface area (Å²) in [6.45, 7) is 2.60. The lowest BCUT2D eigenvalue weighted by molar-refractivity contribution is 0.0737. The molecule has 0 atom stereocenters. The average Bonchev–Trinajstić information content (AvgIpc) is 2.64. The Labute approximate surface area is 110 Å². The maximum atomic E-state index is 12.5. The van der Waals surface area contributed by atoms with E-state index in [1.807, 2.05) is 6.07 Å². The highest BCUT2D eigenvalue weighted by atomic mass is 16.5. The number of amides is 1. The fourth-order valence-electron chi connectivity index (χ4n) is 2.29. The molecule has 6 heteroatoms. The van der Waals surface area contributed by atoms with Gasteiger partial charge in [-0.2, -0.15) is 5.10 Å². The fraction of sp³-hybridized carbons (Fsp3) is 0.385. The normalized spacial score (nSPS) is 16.5. The van der Waals surface area contributed by atoms with Crippen molar-refractivity contribution < 1.29 is 9.53 Å². The van der Waals surface area contributed by atoms with Gasteiger partial charge in [-0.3, -0.25) is 9.89 Å². The van der Waals surface area contributed by atoms with Crippen LogP contribution >= 0.6 is 0 Å². The molecule has 1 aliphatic heterocycles. The third kappa shape index (κ3) is 2.26. The number of carbonyl (C=O) groups excluding carboxylic acids is 1. The van der Waals surface area contributed by atoms with E-state index in [0.717, 1.165) is 17.3 Å². The van der Waals surface area contributed by atoms with E-state index in [-0.39, 0.29) is 5.91 Å². The topological polar surface area (TPSA) is 84.2 Å². The molecule has 1 fully saturated rings. The Morgan fingerprint density at radius 2 is 2.26 bits per heavy atom. The number of anilines is 1. The van der Waals surface area contributed by atoms with E-state index in [1.165, 1.54) is 0 Å². The summed E-state index contributed by atoms with van der Waals surface area (Å²) in [4.78, 5) is 14.3. The second-order valence-corrected chi connectivity index (χ2v) is 4.64. The lowest BCUT2D eigenvalue weighted by atomic mass is 10.1. The number of ether oxygens (including phenoxy) is 1. The zero-order chi connectivity index (χ0) is 13.2.